The molecular formula is C21H22N2O3. The van der Waals surface area contributed by atoms with Crippen molar-refractivity contribution in [3.63, 3.8) is 0 Å². The lowest BCUT2D eigenvalue weighted by Crippen LogP contribution is -2.35. The van der Waals surface area contributed by atoms with Crippen LogP contribution in [0.5, 0.6) is 0 Å². The molecule has 0 aliphatic carbocycles. The van der Waals surface area contributed by atoms with E-state index in [-0.39, 0.29) is 6.04 Å². The molecule has 3 rings (SSSR count). The second kappa shape index (κ2) is 7.04. The Morgan fingerprint density at radius 3 is 2.54 bits per heavy atom. The van der Waals surface area contributed by atoms with Crippen LogP contribution >= 0.6 is 0 Å². The first kappa shape index (κ1) is 17.7. The SMILES string of the molecule is CC(C)(C)OC(=O)NC(c1ccccc1)c1c[nH]c2cc(C=O)ccc12. The molecule has 0 aliphatic heterocycles. The molecule has 2 N–H and O–H groups in total. The standard InChI is InChI=1S/C21H22N2O3/c1-21(2,3)26-20(25)23-19(15-7-5-4-6-8-15)17-12-22-18-11-14(13-24)9-10-16(17)18/h4-13,19,22H,1-3H3,(H,23,25). The van der Waals surface area contributed by atoms with Crippen LogP contribution < -0.4 is 5.32 Å². The van der Waals surface area contributed by atoms with E-state index in [1.807, 2.05) is 63.4 Å². The highest BCUT2D eigenvalue weighted by Gasteiger charge is 2.23. The minimum absolute atomic E-state index is 0.373. The van der Waals surface area contributed by atoms with E-state index in [2.05, 4.69) is 10.3 Å². The number of alkyl carbamates (subject to hydrolysis) is 1. The first-order valence-corrected chi connectivity index (χ1v) is 8.48. The number of ether oxygens (including phenoxy) is 1. The van der Waals surface area contributed by atoms with E-state index >= 15 is 0 Å². The summed E-state index contributed by atoms with van der Waals surface area (Å²) in [6.07, 6.45) is 2.19. The van der Waals surface area contributed by atoms with Crippen LogP contribution in [0.25, 0.3) is 10.9 Å². The monoisotopic (exact) mass is 350 g/mol. The van der Waals surface area contributed by atoms with Crippen LogP contribution in [-0.4, -0.2) is 23.0 Å². The maximum atomic E-state index is 12.4. The van der Waals surface area contributed by atoms with E-state index in [9.17, 15) is 9.59 Å². The largest absolute Gasteiger partial charge is 0.444 e. The number of amides is 1. The van der Waals surface area contributed by atoms with E-state index in [1.54, 1.807) is 12.1 Å². The molecule has 1 amide bonds. The predicted octanol–water partition coefficient (Wildman–Crippen LogP) is 4.59. The number of carbonyl (C=O) groups excluding carboxylic acids is 2. The summed E-state index contributed by atoms with van der Waals surface area (Å²) in [5, 5.41) is 3.91. The summed E-state index contributed by atoms with van der Waals surface area (Å²) >= 11 is 0. The zero-order chi connectivity index (χ0) is 18.7. The summed E-state index contributed by atoms with van der Waals surface area (Å²) in [7, 11) is 0. The van der Waals surface area contributed by atoms with Crippen LogP contribution in [0.3, 0.4) is 0 Å². The van der Waals surface area contributed by atoms with E-state index in [1.165, 1.54) is 0 Å². The molecule has 0 saturated heterocycles. The number of aromatic amines is 1. The topological polar surface area (TPSA) is 71.2 Å². The molecule has 0 aliphatic rings. The summed E-state index contributed by atoms with van der Waals surface area (Å²) < 4.78 is 5.43. The number of H-pyrrole nitrogens is 1. The lowest BCUT2D eigenvalue weighted by molar-refractivity contribution is 0.0512. The van der Waals surface area contributed by atoms with Crippen LogP contribution in [0.15, 0.2) is 54.7 Å². The van der Waals surface area contributed by atoms with E-state index < -0.39 is 11.7 Å². The summed E-state index contributed by atoms with van der Waals surface area (Å²) in [6, 6.07) is 14.8. The maximum Gasteiger partial charge on any atom is 0.408 e. The summed E-state index contributed by atoms with van der Waals surface area (Å²) in [6.45, 7) is 5.49. The van der Waals surface area contributed by atoms with Crippen LogP contribution in [0.2, 0.25) is 0 Å². The van der Waals surface area contributed by atoms with Crippen LogP contribution in [0, 0.1) is 0 Å². The third-order valence-corrected chi connectivity index (χ3v) is 3.98. The lowest BCUT2D eigenvalue weighted by Gasteiger charge is -2.24. The molecule has 0 spiro atoms. The van der Waals surface area contributed by atoms with Crippen molar-refractivity contribution < 1.29 is 14.3 Å². The van der Waals surface area contributed by atoms with Gasteiger partial charge >= 0.3 is 6.09 Å². The van der Waals surface area contributed by atoms with Crippen molar-refractivity contribution in [2.45, 2.75) is 32.4 Å². The Kier molecular flexibility index (Phi) is 4.80. The molecule has 1 heterocycles. The highest BCUT2D eigenvalue weighted by atomic mass is 16.6. The molecule has 0 bridgehead atoms. The molecule has 1 unspecified atom stereocenters. The summed E-state index contributed by atoms with van der Waals surface area (Å²) in [5.41, 5.74) is 2.72. The van der Waals surface area contributed by atoms with Gasteiger partial charge in [-0.05, 0) is 32.4 Å². The van der Waals surface area contributed by atoms with Crippen LogP contribution in [-0.2, 0) is 4.74 Å². The fraction of sp³-hybridized carbons (Fsp3) is 0.238. The summed E-state index contributed by atoms with van der Waals surface area (Å²) in [5.74, 6) is 0. The molecule has 0 fully saturated rings. The Morgan fingerprint density at radius 1 is 1.15 bits per heavy atom. The number of fused-ring (bicyclic) bond motifs is 1. The Balaban J connectivity index is 2.01. The number of hydrogen-bond donors (Lipinski definition) is 2. The molecule has 26 heavy (non-hydrogen) atoms. The minimum Gasteiger partial charge on any atom is -0.444 e. The highest BCUT2D eigenvalue weighted by Crippen LogP contribution is 2.29. The third-order valence-electron chi connectivity index (χ3n) is 3.98. The van der Waals surface area contributed by atoms with Gasteiger partial charge in [0.05, 0.1) is 6.04 Å². The molecule has 1 aromatic heterocycles. The molecule has 134 valence electrons. The Labute approximate surface area is 152 Å². The third kappa shape index (κ3) is 3.94. The number of rotatable bonds is 4. The first-order chi connectivity index (χ1) is 12.4. The van der Waals surface area contributed by atoms with Crippen molar-refractivity contribution >= 4 is 23.3 Å². The lowest BCUT2D eigenvalue weighted by atomic mass is 9.98. The Hall–Kier alpha value is -3.08. The zero-order valence-electron chi connectivity index (χ0n) is 15.1. The summed E-state index contributed by atoms with van der Waals surface area (Å²) in [4.78, 5) is 26.6. The molecule has 0 radical (unpaired) electrons. The smallest absolute Gasteiger partial charge is 0.408 e. The fourth-order valence-corrected chi connectivity index (χ4v) is 2.89. The predicted molar refractivity (Wildman–Crippen MR) is 101 cm³/mol. The average Bonchev–Trinajstić information content (AvgIpc) is 3.01. The van der Waals surface area contributed by atoms with Crippen molar-refractivity contribution in [2.24, 2.45) is 0 Å². The van der Waals surface area contributed by atoms with Gasteiger partial charge < -0.3 is 15.0 Å². The number of benzene rings is 2. The Bertz CT molecular complexity index is 923. The van der Waals surface area contributed by atoms with Gasteiger partial charge in [-0.15, -0.1) is 0 Å². The van der Waals surface area contributed by atoms with Gasteiger partial charge in [-0.1, -0.05) is 42.5 Å². The number of aldehydes is 1. The van der Waals surface area contributed by atoms with Gasteiger partial charge in [-0.2, -0.15) is 0 Å². The van der Waals surface area contributed by atoms with Crippen molar-refractivity contribution in [2.75, 3.05) is 0 Å². The second-order valence-electron chi connectivity index (χ2n) is 7.16. The normalized spacial score (nSPS) is 12.6. The molecule has 3 aromatic rings. The van der Waals surface area contributed by atoms with Crippen molar-refractivity contribution in [1.82, 2.24) is 10.3 Å². The molecule has 5 nitrogen and oxygen atoms in total. The van der Waals surface area contributed by atoms with Gasteiger partial charge in [-0.25, -0.2) is 4.79 Å². The number of hydrogen-bond acceptors (Lipinski definition) is 3. The van der Waals surface area contributed by atoms with Gasteiger partial charge in [0.15, 0.2) is 0 Å². The van der Waals surface area contributed by atoms with Crippen molar-refractivity contribution in [1.29, 1.82) is 0 Å². The average molecular weight is 350 g/mol. The molecule has 0 saturated carbocycles. The van der Waals surface area contributed by atoms with Gasteiger partial charge in [0.1, 0.15) is 11.9 Å². The van der Waals surface area contributed by atoms with E-state index in [4.69, 9.17) is 4.74 Å². The van der Waals surface area contributed by atoms with Crippen LogP contribution in [0.1, 0.15) is 48.3 Å². The van der Waals surface area contributed by atoms with Crippen LogP contribution in [0.4, 0.5) is 4.79 Å². The second-order valence-corrected chi connectivity index (χ2v) is 7.16. The van der Waals surface area contributed by atoms with Gasteiger partial charge in [-0.3, -0.25) is 4.79 Å². The molecule has 1 atom stereocenters. The zero-order valence-corrected chi connectivity index (χ0v) is 15.1. The number of nitrogens with one attached hydrogen (secondary N) is 2. The van der Waals surface area contributed by atoms with Gasteiger partial charge in [0.25, 0.3) is 0 Å². The molecule has 5 heteroatoms. The Morgan fingerprint density at radius 2 is 1.88 bits per heavy atom. The van der Waals surface area contributed by atoms with E-state index in [0.29, 0.717) is 5.56 Å². The van der Waals surface area contributed by atoms with Gasteiger partial charge in [0, 0.05) is 28.2 Å². The first-order valence-electron chi connectivity index (χ1n) is 8.48. The highest BCUT2D eigenvalue weighted by molar-refractivity contribution is 5.90. The van der Waals surface area contributed by atoms with Gasteiger partial charge in [0.2, 0.25) is 0 Å². The fourth-order valence-electron chi connectivity index (χ4n) is 2.89. The van der Waals surface area contributed by atoms with E-state index in [0.717, 1.165) is 28.3 Å². The maximum absolute atomic E-state index is 12.4. The van der Waals surface area contributed by atoms with Crippen molar-refractivity contribution in [3.05, 3.63) is 71.4 Å². The quantitative estimate of drug-likeness (QED) is 0.676. The number of aromatic nitrogens is 1. The molecule has 2 aromatic carbocycles. The molecular weight excluding hydrogens is 328 g/mol. The van der Waals surface area contributed by atoms with Crippen molar-refractivity contribution in [3.8, 4) is 0 Å². The number of carbonyl (C=O) groups is 2. The minimum atomic E-state index is -0.579.